The standard InChI is InChI=1S/C13H24N2O2/c1-4-5-11(6-7-16)9-15-13(17)12(8-14)10(2)3/h10-12,16H,4-7,9H2,1-3H3,(H,15,17). The molecule has 2 unspecified atom stereocenters. The maximum Gasteiger partial charge on any atom is 0.237 e. The van der Waals surface area contributed by atoms with Crippen molar-refractivity contribution in [1.82, 2.24) is 5.32 Å². The largest absolute Gasteiger partial charge is 0.396 e. The molecule has 0 aliphatic heterocycles. The average molecular weight is 240 g/mol. The first-order valence-corrected chi connectivity index (χ1v) is 6.34. The van der Waals surface area contributed by atoms with Crippen molar-refractivity contribution in [3.63, 3.8) is 0 Å². The summed E-state index contributed by atoms with van der Waals surface area (Å²) in [4.78, 5) is 11.7. The summed E-state index contributed by atoms with van der Waals surface area (Å²) in [5.74, 6) is -0.434. The van der Waals surface area contributed by atoms with Crippen LogP contribution in [0.3, 0.4) is 0 Å². The molecular formula is C13H24N2O2. The van der Waals surface area contributed by atoms with E-state index in [4.69, 9.17) is 10.4 Å². The van der Waals surface area contributed by atoms with Crippen molar-refractivity contribution in [2.45, 2.75) is 40.0 Å². The molecule has 4 heteroatoms. The van der Waals surface area contributed by atoms with Crippen molar-refractivity contribution in [3.8, 4) is 6.07 Å². The minimum Gasteiger partial charge on any atom is -0.396 e. The van der Waals surface area contributed by atoms with Crippen LogP contribution in [0.25, 0.3) is 0 Å². The first-order chi connectivity index (χ1) is 8.06. The molecule has 0 aromatic heterocycles. The normalized spacial score (nSPS) is 14.1. The lowest BCUT2D eigenvalue weighted by atomic mass is 9.95. The van der Waals surface area contributed by atoms with Gasteiger partial charge >= 0.3 is 0 Å². The third-order valence-corrected chi connectivity index (χ3v) is 2.89. The molecular weight excluding hydrogens is 216 g/mol. The van der Waals surface area contributed by atoms with Crippen LogP contribution >= 0.6 is 0 Å². The molecule has 0 rings (SSSR count). The number of nitriles is 1. The molecule has 0 radical (unpaired) electrons. The second kappa shape index (κ2) is 9.00. The van der Waals surface area contributed by atoms with Gasteiger partial charge in [-0.25, -0.2) is 0 Å². The minimum absolute atomic E-state index is 0.0301. The van der Waals surface area contributed by atoms with E-state index in [2.05, 4.69) is 12.2 Å². The number of aliphatic hydroxyl groups excluding tert-OH is 1. The van der Waals surface area contributed by atoms with Gasteiger partial charge < -0.3 is 10.4 Å². The molecule has 0 saturated carbocycles. The molecule has 0 aliphatic rings. The van der Waals surface area contributed by atoms with Gasteiger partial charge in [0.05, 0.1) is 6.07 Å². The minimum atomic E-state index is -0.577. The van der Waals surface area contributed by atoms with Gasteiger partial charge in [0.15, 0.2) is 0 Å². The second-order valence-corrected chi connectivity index (χ2v) is 4.76. The maximum absolute atomic E-state index is 11.7. The molecule has 1 amide bonds. The van der Waals surface area contributed by atoms with Crippen LogP contribution in [-0.4, -0.2) is 24.2 Å². The van der Waals surface area contributed by atoms with Crippen molar-refractivity contribution in [2.24, 2.45) is 17.8 Å². The van der Waals surface area contributed by atoms with E-state index in [1.54, 1.807) is 0 Å². The summed E-state index contributed by atoms with van der Waals surface area (Å²) in [6.07, 6.45) is 2.72. The van der Waals surface area contributed by atoms with Gasteiger partial charge in [0.2, 0.25) is 5.91 Å². The van der Waals surface area contributed by atoms with Crippen molar-refractivity contribution in [1.29, 1.82) is 5.26 Å². The summed E-state index contributed by atoms with van der Waals surface area (Å²) < 4.78 is 0. The van der Waals surface area contributed by atoms with E-state index >= 15 is 0 Å². The first-order valence-electron chi connectivity index (χ1n) is 6.34. The second-order valence-electron chi connectivity index (χ2n) is 4.76. The molecule has 0 saturated heterocycles. The molecule has 2 N–H and O–H groups in total. The van der Waals surface area contributed by atoms with Crippen molar-refractivity contribution < 1.29 is 9.90 Å². The molecule has 0 aromatic carbocycles. The topological polar surface area (TPSA) is 73.1 Å². The number of rotatable bonds is 8. The Kier molecular flexibility index (Phi) is 8.43. The van der Waals surface area contributed by atoms with Crippen molar-refractivity contribution in [3.05, 3.63) is 0 Å². The Morgan fingerprint density at radius 3 is 2.47 bits per heavy atom. The quantitative estimate of drug-likeness (QED) is 0.678. The predicted octanol–water partition coefficient (Wildman–Crippen LogP) is 1.70. The summed E-state index contributed by atoms with van der Waals surface area (Å²) in [5, 5.41) is 20.6. The highest BCUT2D eigenvalue weighted by molar-refractivity contribution is 5.81. The van der Waals surface area contributed by atoms with Crippen LogP contribution in [0.5, 0.6) is 0 Å². The van der Waals surface area contributed by atoms with Crippen molar-refractivity contribution >= 4 is 5.91 Å². The fourth-order valence-corrected chi connectivity index (χ4v) is 1.80. The highest BCUT2D eigenvalue weighted by atomic mass is 16.3. The van der Waals surface area contributed by atoms with Crippen LogP contribution < -0.4 is 5.32 Å². The van der Waals surface area contributed by atoms with E-state index in [-0.39, 0.29) is 18.4 Å². The number of aliphatic hydroxyl groups is 1. The highest BCUT2D eigenvalue weighted by Gasteiger charge is 2.21. The van der Waals surface area contributed by atoms with Crippen LogP contribution in [0.1, 0.15) is 40.0 Å². The Labute approximate surface area is 104 Å². The van der Waals surface area contributed by atoms with Gasteiger partial charge in [0.25, 0.3) is 0 Å². The summed E-state index contributed by atoms with van der Waals surface area (Å²) in [5.41, 5.74) is 0. The van der Waals surface area contributed by atoms with Crippen molar-refractivity contribution in [2.75, 3.05) is 13.2 Å². The zero-order valence-corrected chi connectivity index (χ0v) is 11.1. The Hall–Kier alpha value is -1.08. The van der Waals surface area contributed by atoms with Gasteiger partial charge in [-0.3, -0.25) is 4.79 Å². The van der Waals surface area contributed by atoms with Gasteiger partial charge in [-0.15, -0.1) is 0 Å². The van der Waals surface area contributed by atoms with E-state index in [1.807, 2.05) is 19.9 Å². The lowest BCUT2D eigenvalue weighted by Gasteiger charge is -2.18. The highest BCUT2D eigenvalue weighted by Crippen LogP contribution is 2.12. The zero-order valence-electron chi connectivity index (χ0n) is 11.1. The molecule has 0 heterocycles. The molecule has 0 bridgehead atoms. The van der Waals surface area contributed by atoms with E-state index in [0.717, 1.165) is 12.8 Å². The van der Waals surface area contributed by atoms with Gasteiger partial charge in [0.1, 0.15) is 5.92 Å². The smallest absolute Gasteiger partial charge is 0.237 e. The first kappa shape index (κ1) is 15.9. The average Bonchev–Trinajstić information content (AvgIpc) is 2.27. The molecule has 98 valence electrons. The predicted molar refractivity (Wildman–Crippen MR) is 67.1 cm³/mol. The number of hydrogen-bond donors (Lipinski definition) is 2. The van der Waals surface area contributed by atoms with Crippen LogP contribution in [0, 0.1) is 29.1 Å². The Morgan fingerprint density at radius 2 is 2.06 bits per heavy atom. The third kappa shape index (κ3) is 6.28. The monoisotopic (exact) mass is 240 g/mol. The summed E-state index contributed by atoms with van der Waals surface area (Å²) in [6, 6.07) is 2.03. The van der Waals surface area contributed by atoms with E-state index in [9.17, 15) is 4.79 Å². The van der Waals surface area contributed by atoms with Crippen LogP contribution in [-0.2, 0) is 4.79 Å². The number of amides is 1. The Balaban J connectivity index is 4.15. The fourth-order valence-electron chi connectivity index (χ4n) is 1.80. The maximum atomic E-state index is 11.7. The molecule has 0 fully saturated rings. The third-order valence-electron chi connectivity index (χ3n) is 2.89. The SMILES string of the molecule is CCCC(CCO)CNC(=O)C(C#N)C(C)C. The number of nitrogens with zero attached hydrogens (tertiary/aromatic N) is 1. The van der Waals surface area contributed by atoms with Crippen LogP contribution in [0.4, 0.5) is 0 Å². The molecule has 0 spiro atoms. The summed E-state index contributed by atoms with van der Waals surface area (Å²) >= 11 is 0. The molecule has 2 atom stereocenters. The number of hydrogen-bond acceptors (Lipinski definition) is 3. The van der Waals surface area contributed by atoms with Gasteiger partial charge in [-0.2, -0.15) is 5.26 Å². The van der Waals surface area contributed by atoms with Crippen LogP contribution in [0.15, 0.2) is 0 Å². The zero-order chi connectivity index (χ0) is 13.3. The lowest BCUT2D eigenvalue weighted by molar-refractivity contribution is -0.124. The summed E-state index contributed by atoms with van der Waals surface area (Å²) in [7, 11) is 0. The molecule has 17 heavy (non-hydrogen) atoms. The molecule has 0 aromatic rings. The van der Waals surface area contributed by atoms with E-state index in [0.29, 0.717) is 18.9 Å². The molecule has 0 aliphatic carbocycles. The fraction of sp³-hybridized carbons (Fsp3) is 0.846. The summed E-state index contributed by atoms with van der Waals surface area (Å²) in [6.45, 7) is 6.51. The number of nitrogens with one attached hydrogen (secondary N) is 1. The van der Waals surface area contributed by atoms with E-state index < -0.39 is 5.92 Å². The Bertz CT molecular complexity index is 253. The van der Waals surface area contributed by atoms with Gasteiger partial charge in [0, 0.05) is 13.2 Å². The molecule has 4 nitrogen and oxygen atoms in total. The van der Waals surface area contributed by atoms with Gasteiger partial charge in [-0.1, -0.05) is 27.2 Å². The van der Waals surface area contributed by atoms with Crippen LogP contribution in [0.2, 0.25) is 0 Å². The lowest BCUT2D eigenvalue weighted by Crippen LogP contribution is -2.36. The van der Waals surface area contributed by atoms with E-state index in [1.165, 1.54) is 0 Å². The number of carbonyl (C=O) groups is 1. The Morgan fingerprint density at radius 1 is 1.41 bits per heavy atom. The number of carbonyl (C=O) groups excluding carboxylic acids is 1. The van der Waals surface area contributed by atoms with Gasteiger partial charge in [-0.05, 0) is 24.7 Å².